The largest absolute Gasteiger partial charge is 0.231 e. The first kappa shape index (κ1) is 31.9. The summed E-state index contributed by atoms with van der Waals surface area (Å²) >= 11 is 0. The van der Waals surface area contributed by atoms with Crippen molar-refractivity contribution in [3.63, 3.8) is 0 Å². The summed E-state index contributed by atoms with van der Waals surface area (Å²) in [6.07, 6.45) is 4.03. The van der Waals surface area contributed by atoms with E-state index in [1.165, 1.54) is 16.7 Å². The van der Waals surface area contributed by atoms with Crippen molar-refractivity contribution in [3.8, 4) is 0 Å². The standard InChI is InChI=1S/C13H12.C7H8.4CHNO/c1-3-7-12(8-4-1)11-13-9-5-2-6-10-13;1-7-5-3-2-4-6-7;4*2-1-3/h1-10H,11H2;2-6H,1H3;4*2H. The van der Waals surface area contributed by atoms with E-state index < -0.39 is 0 Å². The Kier molecular flexibility index (Phi) is 28.3. The highest BCUT2D eigenvalue weighted by Crippen LogP contribution is 2.07. The minimum absolute atomic E-state index is 0.750. The van der Waals surface area contributed by atoms with Crippen molar-refractivity contribution >= 4 is 24.3 Å². The molecular weight excluding hydrogens is 408 g/mol. The van der Waals surface area contributed by atoms with Crippen LogP contribution in [0.3, 0.4) is 0 Å². The molecule has 3 aromatic carbocycles. The molecule has 3 rings (SSSR count). The number of isocyanates is 4. The summed E-state index contributed by atoms with van der Waals surface area (Å²) in [5.74, 6) is 0. The van der Waals surface area contributed by atoms with Gasteiger partial charge in [-0.2, -0.15) is 0 Å². The maximum absolute atomic E-state index is 8.35. The third-order valence-electron chi connectivity index (χ3n) is 3.03. The summed E-state index contributed by atoms with van der Waals surface area (Å²) < 4.78 is 0. The first-order valence-corrected chi connectivity index (χ1v) is 8.76. The van der Waals surface area contributed by atoms with Crippen molar-refractivity contribution in [1.29, 1.82) is 21.6 Å². The third kappa shape index (κ3) is 27.4. The average Bonchev–Trinajstić information content (AvgIpc) is 2.79. The quantitative estimate of drug-likeness (QED) is 0.335. The van der Waals surface area contributed by atoms with E-state index in [-0.39, 0.29) is 0 Å². The van der Waals surface area contributed by atoms with Gasteiger partial charge in [-0.1, -0.05) is 96.6 Å². The molecular formula is C24H24N4O4. The van der Waals surface area contributed by atoms with Crippen molar-refractivity contribution in [1.82, 2.24) is 0 Å². The van der Waals surface area contributed by atoms with Crippen LogP contribution in [0, 0.1) is 28.6 Å². The zero-order valence-corrected chi connectivity index (χ0v) is 17.5. The zero-order valence-electron chi connectivity index (χ0n) is 17.5. The van der Waals surface area contributed by atoms with Gasteiger partial charge < -0.3 is 0 Å². The van der Waals surface area contributed by atoms with Gasteiger partial charge in [0, 0.05) is 0 Å². The molecule has 4 N–H and O–H groups in total. The second kappa shape index (κ2) is 28.4. The van der Waals surface area contributed by atoms with Gasteiger partial charge in [0.15, 0.2) is 0 Å². The van der Waals surface area contributed by atoms with E-state index in [0.29, 0.717) is 0 Å². The zero-order chi connectivity index (χ0) is 24.9. The van der Waals surface area contributed by atoms with E-state index in [2.05, 4.69) is 79.7 Å². The first-order valence-electron chi connectivity index (χ1n) is 8.76. The lowest BCUT2D eigenvalue weighted by Gasteiger charge is -2.00. The number of hydrogen-bond donors (Lipinski definition) is 4. The number of benzene rings is 3. The van der Waals surface area contributed by atoms with Gasteiger partial charge >= 0.3 is 0 Å². The Morgan fingerprint density at radius 2 is 0.719 bits per heavy atom. The Hall–Kier alpha value is -4.82. The molecule has 8 nitrogen and oxygen atoms in total. The van der Waals surface area contributed by atoms with Crippen LogP contribution >= 0.6 is 0 Å². The molecule has 8 heteroatoms. The summed E-state index contributed by atoms with van der Waals surface area (Å²) in [7, 11) is 0. The predicted molar refractivity (Wildman–Crippen MR) is 121 cm³/mol. The Bertz CT molecular complexity index is 854. The van der Waals surface area contributed by atoms with Crippen LogP contribution in [0.5, 0.6) is 0 Å². The molecule has 0 saturated heterocycles. The maximum atomic E-state index is 8.35. The highest BCUT2D eigenvalue weighted by Gasteiger charge is 1.92. The number of hydrogen-bond acceptors (Lipinski definition) is 8. The molecule has 0 fully saturated rings. The van der Waals surface area contributed by atoms with E-state index >= 15 is 0 Å². The molecule has 0 unspecified atom stereocenters. The smallest absolute Gasteiger partial charge is 0.222 e. The lowest BCUT2D eigenvalue weighted by atomic mass is 10.1. The van der Waals surface area contributed by atoms with Crippen molar-refractivity contribution < 1.29 is 19.2 Å². The molecule has 3 aromatic rings. The van der Waals surface area contributed by atoms with Gasteiger partial charge in [0.05, 0.1) is 0 Å². The predicted octanol–water partition coefficient (Wildman–Crippen LogP) is 4.88. The van der Waals surface area contributed by atoms with Gasteiger partial charge in [-0.3, -0.25) is 0 Å². The van der Waals surface area contributed by atoms with Gasteiger partial charge in [0.1, 0.15) is 0 Å². The fraction of sp³-hybridized carbons (Fsp3) is 0.0833. The Morgan fingerprint density at radius 3 is 0.906 bits per heavy atom. The number of rotatable bonds is 2. The summed E-state index contributed by atoms with van der Waals surface area (Å²) in [6.45, 7) is 2.08. The van der Waals surface area contributed by atoms with Crippen molar-refractivity contribution in [2.75, 3.05) is 0 Å². The molecule has 0 aliphatic rings. The third-order valence-corrected chi connectivity index (χ3v) is 3.03. The van der Waals surface area contributed by atoms with Gasteiger partial charge in [-0.15, -0.1) is 0 Å². The highest BCUT2D eigenvalue weighted by molar-refractivity contribution is 5.27. The molecule has 0 aliphatic carbocycles. The molecule has 32 heavy (non-hydrogen) atoms. The lowest BCUT2D eigenvalue weighted by molar-refractivity contribution is 0.562. The molecule has 0 heterocycles. The van der Waals surface area contributed by atoms with Gasteiger partial charge in [-0.25, -0.2) is 40.8 Å². The summed E-state index contributed by atoms with van der Waals surface area (Å²) in [6, 6.07) is 31.3. The molecule has 0 atom stereocenters. The number of nitrogens with one attached hydrogen (secondary N) is 4. The Labute approximate surface area is 186 Å². The monoisotopic (exact) mass is 432 g/mol. The topological polar surface area (TPSA) is 164 Å². The van der Waals surface area contributed by atoms with Crippen LogP contribution in [0.4, 0.5) is 0 Å². The first-order chi connectivity index (χ1) is 15.5. The normalized spacial score (nSPS) is 6.91. The van der Waals surface area contributed by atoms with Crippen LogP contribution in [0.1, 0.15) is 16.7 Å². The molecule has 0 radical (unpaired) electrons. The van der Waals surface area contributed by atoms with E-state index in [4.69, 9.17) is 40.8 Å². The highest BCUT2D eigenvalue weighted by atomic mass is 16.1. The molecule has 0 saturated carbocycles. The van der Waals surface area contributed by atoms with Crippen molar-refractivity contribution in [3.05, 3.63) is 108 Å². The number of carbonyl (C=O) groups excluding carboxylic acids is 4. The van der Waals surface area contributed by atoms with Crippen LogP contribution in [0.2, 0.25) is 0 Å². The van der Waals surface area contributed by atoms with E-state index in [1.54, 1.807) is 0 Å². The van der Waals surface area contributed by atoms with Gasteiger partial charge in [-0.05, 0) is 24.5 Å². The number of aryl methyl sites for hydroxylation is 1. The van der Waals surface area contributed by atoms with Gasteiger partial charge in [0.25, 0.3) is 0 Å². The fourth-order valence-electron chi connectivity index (χ4n) is 1.96. The molecule has 0 aromatic heterocycles. The summed E-state index contributed by atoms with van der Waals surface area (Å²) in [4.78, 5) is 33.4. The molecule has 0 aliphatic heterocycles. The Balaban J connectivity index is -0.000000375. The SMILES string of the molecule is Cc1ccccc1.N=C=O.N=C=O.N=C=O.N=C=O.c1ccc(Cc2ccccc2)cc1. The summed E-state index contributed by atoms with van der Waals surface area (Å²) in [5, 5.41) is 21.6. The van der Waals surface area contributed by atoms with Crippen LogP contribution in [0.25, 0.3) is 0 Å². The second-order valence-corrected chi connectivity index (χ2v) is 5.21. The van der Waals surface area contributed by atoms with Crippen molar-refractivity contribution in [2.45, 2.75) is 13.3 Å². The minimum Gasteiger partial charge on any atom is -0.222 e. The summed E-state index contributed by atoms with van der Waals surface area (Å²) in [5.41, 5.74) is 4.06. The van der Waals surface area contributed by atoms with Crippen LogP contribution < -0.4 is 0 Å². The Morgan fingerprint density at radius 1 is 0.500 bits per heavy atom. The minimum atomic E-state index is 0.750. The van der Waals surface area contributed by atoms with E-state index in [9.17, 15) is 0 Å². The van der Waals surface area contributed by atoms with Crippen LogP contribution in [-0.4, -0.2) is 24.3 Å². The fourth-order valence-corrected chi connectivity index (χ4v) is 1.96. The van der Waals surface area contributed by atoms with Gasteiger partial charge in [0.2, 0.25) is 24.3 Å². The lowest BCUT2D eigenvalue weighted by Crippen LogP contribution is -1.85. The second-order valence-electron chi connectivity index (χ2n) is 5.21. The molecule has 0 spiro atoms. The van der Waals surface area contributed by atoms with Crippen LogP contribution in [0.15, 0.2) is 91.0 Å². The molecule has 0 bridgehead atoms. The van der Waals surface area contributed by atoms with E-state index in [0.717, 1.165) is 30.7 Å². The average molecular weight is 432 g/mol. The molecule has 0 amide bonds. The molecule has 164 valence electrons. The van der Waals surface area contributed by atoms with Crippen LogP contribution in [-0.2, 0) is 25.6 Å². The van der Waals surface area contributed by atoms with Crippen molar-refractivity contribution in [2.24, 2.45) is 0 Å². The maximum Gasteiger partial charge on any atom is 0.231 e. The van der Waals surface area contributed by atoms with E-state index in [1.807, 2.05) is 18.2 Å².